The van der Waals surface area contributed by atoms with Crippen LogP contribution >= 0.6 is 11.6 Å². The Kier molecular flexibility index (Phi) is 4.01. The maximum atomic E-state index is 6.05. The first kappa shape index (κ1) is 14.7. The van der Waals surface area contributed by atoms with Crippen LogP contribution in [0.1, 0.15) is 25.0 Å². The molecule has 4 heterocycles. The zero-order valence-corrected chi connectivity index (χ0v) is 13.6. The highest BCUT2D eigenvalue weighted by Crippen LogP contribution is 2.21. The molecule has 1 fully saturated rings. The number of pyridine rings is 1. The minimum absolute atomic E-state index is 0.485. The van der Waals surface area contributed by atoms with Gasteiger partial charge in [0, 0.05) is 25.0 Å². The summed E-state index contributed by atoms with van der Waals surface area (Å²) < 4.78 is 3.92. The van der Waals surface area contributed by atoms with Crippen LogP contribution in [0.5, 0.6) is 0 Å². The van der Waals surface area contributed by atoms with Crippen molar-refractivity contribution in [3.63, 3.8) is 0 Å². The van der Waals surface area contributed by atoms with Gasteiger partial charge in [0.25, 0.3) is 0 Å². The Balaban J connectivity index is 1.52. The molecular formula is C16H19ClN6. The molecule has 0 radical (unpaired) electrons. The third-order valence-corrected chi connectivity index (χ3v) is 4.67. The molecule has 0 bridgehead atoms. The number of imidazole rings is 1. The predicted octanol–water partition coefficient (Wildman–Crippen LogP) is 2.63. The first-order valence-corrected chi connectivity index (χ1v) is 8.35. The van der Waals surface area contributed by atoms with Crippen LogP contribution in [0.3, 0.4) is 0 Å². The van der Waals surface area contributed by atoms with Gasteiger partial charge >= 0.3 is 0 Å². The summed E-state index contributed by atoms with van der Waals surface area (Å²) in [7, 11) is 0. The summed E-state index contributed by atoms with van der Waals surface area (Å²) >= 11 is 6.05. The Hall–Kier alpha value is -1.92. The predicted molar refractivity (Wildman–Crippen MR) is 88.3 cm³/mol. The number of nitrogens with zero attached hydrogens (tertiary/aromatic N) is 6. The molecule has 0 spiro atoms. The highest BCUT2D eigenvalue weighted by atomic mass is 35.5. The number of rotatable bonds is 4. The fourth-order valence-electron chi connectivity index (χ4n) is 3.32. The highest BCUT2D eigenvalue weighted by molar-refractivity contribution is 6.30. The van der Waals surface area contributed by atoms with E-state index in [0.29, 0.717) is 6.04 Å². The Labute approximate surface area is 139 Å². The van der Waals surface area contributed by atoms with E-state index in [1.807, 2.05) is 27.4 Å². The normalized spacial score (nSPS) is 19.4. The van der Waals surface area contributed by atoms with E-state index < -0.39 is 0 Å². The second-order valence-corrected chi connectivity index (χ2v) is 6.52. The van der Waals surface area contributed by atoms with Gasteiger partial charge in [-0.1, -0.05) is 18.0 Å². The monoisotopic (exact) mass is 330 g/mol. The molecule has 0 saturated carbocycles. The lowest BCUT2D eigenvalue weighted by Gasteiger charge is -2.35. The molecule has 0 amide bonds. The van der Waals surface area contributed by atoms with Crippen LogP contribution in [0.2, 0.25) is 5.02 Å². The summed E-state index contributed by atoms with van der Waals surface area (Å²) in [4.78, 5) is 11.3. The molecule has 0 unspecified atom stereocenters. The molecule has 0 aromatic carbocycles. The van der Waals surface area contributed by atoms with Gasteiger partial charge < -0.3 is 4.40 Å². The number of halogens is 1. The number of likely N-dealkylation sites (tertiary alicyclic amines) is 1. The van der Waals surface area contributed by atoms with Gasteiger partial charge in [0.05, 0.1) is 17.3 Å². The molecule has 4 rings (SSSR count). The van der Waals surface area contributed by atoms with Gasteiger partial charge in [-0.3, -0.25) is 9.58 Å². The Morgan fingerprint density at radius 2 is 2.17 bits per heavy atom. The van der Waals surface area contributed by atoms with Crippen molar-refractivity contribution in [2.75, 3.05) is 6.54 Å². The molecule has 1 aliphatic heterocycles. The number of hydrogen-bond acceptors (Lipinski definition) is 4. The largest absolute Gasteiger partial charge is 0.305 e. The van der Waals surface area contributed by atoms with Crippen molar-refractivity contribution in [3.05, 3.63) is 47.9 Å². The molecule has 23 heavy (non-hydrogen) atoms. The van der Waals surface area contributed by atoms with Crippen LogP contribution in [-0.2, 0) is 13.1 Å². The van der Waals surface area contributed by atoms with Gasteiger partial charge in [-0.25, -0.2) is 9.97 Å². The molecule has 1 aliphatic rings. The summed E-state index contributed by atoms with van der Waals surface area (Å²) in [5, 5.41) is 4.97. The van der Waals surface area contributed by atoms with Crippen LogP contribution < -0.4 is 0 Å². The standard InChI is InChI=1S/C16H19ClN6/c17-13-4-5-16-20-14(9-22(16)7-13)8-21-6-2-1-3-15(21)10-23-12-18-11-19-23/h4-5,7,9,11-12,15H,1-3,6,8,10H2/t15-/m0/s1. The number of piperidine rings is 1. The van der Waals surface area contributed by atoms with Gasteiger partial charge in [0.2, 0.25) is 0 Å². The van der Waals surface area contributed by atoms with E-state index in [4.69, 9.17) is 16.6 Å². The van der Waals surface area contributed by atoms with E-state index in [1.54, 1.807) is 12.7 Å². The maximum absolute atomic E-state index is 6.05. The van der Waals surface area contributed by atoms with Crippen molar-refractivity contribution >= 4 is 17.2 Å². The second kappa shape index (κ2) is 6.29. The zero-order chi connectivity index (χ0) is 15.6. The molecule has 120 valence electrons. The molecule has 0 aliphatic carbocycles. The third kappa shape index (κ3) is 3.23. The number of hydrogen-bond donors (Lipinski definition) is 0. The van der Waals surface area contributed by atoms with Crippen LogP contribution in [0.4, 0.5) is 0 Å². The van der Waals surface area contributed by atoms with E-state index in [1.165, 1.54) is 19.3 Å². The summed E-state index contributed by atoms with van der Waals surface area (Å²) in [6, 6.07) is 4.32. The Morgan fingerprint density at radius 3 is 3.04 bits per heavy atom. The van der Waals surface area contributed by atoms with Crippen molar-refractivity contribution in [2.24, 2.45) is 0 Å². The number of fused-ring (bicyclic) bond motifs is 1. The lowest BCUT2D eigenvalue weighted by molar-refractivity contribution is 0.120. The fourth-order valence-corrected chi connectivity index (χ4v) is 3.49. The van der Waals surface area contributed by atoms with Crippen molar-refractivity contribution in [1.29, 1.82) is 0 Å². The molecule has 7 heteroatoms. The molecule has 1 atom stereocenters. The second-order valence-electron chi connectivity index (χ2n) is 6.08. The van der Waals surface area contributed by atoms with E-state index in [2.05, 4.69) is 21.2 Å². The van der Waals surface area contributed by atoms with Crippen LogP contribution in [0.15, 0.2) is 37.2 Å². The fraction of sp³-hybridized carbons (Fsp3) is 0.438. The average molecular weight is 331 g/mol. The smallest absolute Gasteiger partial charge is 0.137 e. The first-order valence-electron chi connectivity index (χ1n) is 7.97. The highest BCUT2D eigenvalue weighted by Gasteiger charge is 2.23. The van der Waals surface area contributed by atoms with Gasteiger partial charge in [-0.05, 0) is 31.5 Å². The molecule has 3 aromatic heterocycles. The molecule has 0 N–H and O–H groups in total. The lowest BCUT2D eigenvalue weighted by atomic mass is 10.0. The Bertz CT molecular complexity index is 781. The topological polar surface area (TPSA) is 51.2 Å². The van der Waals surface area contributed by atoms with Gasteiger partial charge in [-0.15, -0.1) is 0 Å². The van der Waals surface area contributed by atoms with Crippen LogP contribution in [0.25, 0.3) is 5.65 Å². The lowest BCUT2D eigenvalue weighted by Crippen LogP contribution is -2.41. The van der Waals surface area contributed by atoms with Crippen LogP contribution in [-0.4, -0.2) is 41.6 Å². The van der Waals surface area contributed by atoms with Gasteiger partial charge in [0.15, 0.2) is 0 Å². The summed E-state index contributed by atoms with van der Waals surface area (Å²) in [6.45, 7) is 2.85. The molecule has 3 aromatic rings. The van der Waals surface area contributed by atoms with E-state index in [9.17, 15) is 0 Å². The molecular weight excluding hydrogens is 312 g/mol. The third-order valence-electron chi connectivity index (χ3n) is 4.44. The van der Waals surface area contributed by atoms with E-state index >= 15 is 0 Å². The van der Waals surface area contributed by atoms with E-state index in [-0.39, 0.29) is 0 Å². The first-order chi connectivity index (χ1) is 11.3. The summed E-state index contributed by atoms with van der Waals surface area (Å²) in [5.74, 6) is 0. The zero-order valence-electron chi connectivity index (χ0n) is 12.8. The Morgan fingerprint density at radius 1 is 1.22 bits per heavy atom. The summed E-state index contributed by atoms with van der Waals surface area (Å²) in [5.41, 5.74) is 2.02. The van der Waals surface area contributed by atoms with Gasteiger partial charge in [-0.2, -0.15) is 5.10 Å². The quantitative estimate of drug-likeness (QED) is 0.738. The van der Waals surface area contributed by atoms with Crippen molar-refractivity contribution < 1.29 is 0 Å². The maximum Gasteiger partial charge on any atom is 0.137 e. The molecule has 6 nitrogen and oxygen atoms in total. The van der Waals surface area contributed by atoms with Crippen molar-refractivity contribution in [1.82, 2.24) is 29.0 Å². The van der Waals surface area contributed by atoms with Gasteiger partial charge in [0.1, 0.15) is 18.3 Å². The van der Waals surface area contributed by atoms with Crippen molar-refractivity contribution in [2.45, 2.75) is 38.4 Å². The average Bonchev–Trinajstić information content (AvgIpc) is 3.18. The van der Waals surface area contributed by atoms with Crippen LogP contribution in [0, 0.1) is 0 Å². The van der Waals surface area contributed by atoms with Crippen molar-refractivity contribution in [3.8, 4) is 0 Å². The summed E-state index contributed by atoms with van der Waals surface area (Å²) in [6.07, 6.45) is 11.1. The minimum atomic E-state index is 0.485. The minimum Gasteiger partial charge on any atom is -0.305 e. The van der Waals surface area contributed by atoms with E-state index in [0.717, 1.165) is 36.0 Å². The number of aromatic nitrogens is 5. The molecule has 1 saturated heterocycles. The SMILES string of the molecule is Clc1ccc2nc(CN3CCCC[C@H]3Cn3cncn3)cn2c1.